The van der Waals surface area contributed by atoms with Gasteiger partial charge in [-0.2, -0.15) is 13.2 Å². The summed E-state index contributed by atoms with van der Waals surface area (Å²) >= 11 is 0. The number of nitrogen functional groups attached to an aromatic ring is 2. The molecule has 1 amide bonds. The summed E-state index contributed by atoms with van der Waals surface area (Å²) in [7, 11) is 1.11. The highest BCUT2D eigenvalue weighted by atomic mass is 19.4. The lowest BCUT2D eigenvalue weighted by Crippen LogP contribution is -2.39. The maximum atomic E-state index is 12.7. The zero-order chi connectivity index (χ0) is 16.4. The van der Waals surface area contributed by atoms with Crippen molar-refractivity contribution in [3.8, 4) is 0 Å². The molecule has 0 bridgehead atoms. The average Bonchev–Trinajstić information content (AvgIpc) is 2.39. The maximum Gasteiger partial charge on any atom is 0.416 e. The Balaban J connectivity index is 3.15. The Labute approximate surface area is 118 Å². The number of carbonyl (C=O) groups excluding carboxylic acids is 2. The Hall–Kier alpha value is -2.45. The molecule has 0 unspecified atom stereocenters. The van der Waals surface area contributed by atoms with Crippen molar-refractivity contribution < 1.29 is 27.5 Å². The van der Waals surface area contributed by atoms with Gasteiger partial charge in [0.05, 0.1) is 29.6 Å². The van der Waals surface area contributed by atoms with E-state index in [-0.39, 0.29) is 11.4 Å². The van der Waals surface area contributed by atoms with Gasteiger partial charge in [-0.15, -0.1) is 0 Å². The average molecular weight is 305 g/mol. The van der Waals surface area contributed by atoms with Gasteiger partial charge < -0.3 is 21.5 Å². The van der Waals surface area contributed by atoms with Gasteiger partial charge in [-0.1, -0.05) is 0 Å². The quantitative estimate of drug-likeness (QED) is 0.574. The number of nitrogens with one attached hydrogen (secondary N) is 1. The number of anilines is 2. The van der Waals surface area contributed by atoms with Crippen LogP contribution in [0.25, 0.3) is 0 Å². The first-order valence-electron chi connectivity index (χ1n) is 5.72. The van der Waals surface area contributed by atoms with Gasteiger partial charge in [0.2, 0.25) is 0 Å². The van der Waals surface area contributed by atoms with Crippen LogP contribution in [0.4, 0.5) is 24.5 Å². The van der Waals surface area contributed by atoms with Crippen molar-refractivity contribution in [2.75, 3.05) is 18.6 Å². The van der Waals surface area contributed by atoms with Crippen molar-refractivity contribution in [2.24, 2.45) is 0 Å². The lowest BCUT2D eigenvalue weighted by Gasteiger charge is -2.15. The highest BCUT2D eigenvalue weighted by Crippen LogP contribution is 2.34. The van der Waals surface area contributed by atoms with E-state index in [1.807, 2.05) is 0 Å². The van der Waals surface area contributed by atoms with Crippen molar-refractivity contribution >= 4 is 23.3 Å². The third-order valence-electron chi connectivity index (χ3n) is 2.69. The molecule has 116 valence electrons. The molecule has 1 aromatic rings. The number of halogens is 3. The monoisotopic (exact) mass is 305 g/mol. The number of esters is 1. The molecule has 0 saturated heterocycles. The van der Waals surface area contributed by atoms with Gasteiger partial charge in [0.15, 0.2) is 0 Å². The molecule has 0 heterocycles. The molecule has 0 aliphatic heterocycles. The molecule has 0 saturated carbocycles. The van der Waals surface area contributed by atoms with Crippen molar-refractivity contribution in [3.05, 3.63) is 23.3 Å². The predicted molar refractivity (Wildman–Crippen MR) is 69.2 cm³/mol. The van der Waals surface area contributed by atoms with Crippen LogP contribution < -0.4 is 16.8 Å². The van der Waals surface area contributed by atoms with Gasteiger partial charge in [-0.3, -0.25) is 4.79 Å². The number of ether oxygens (including phenoxy) is 1. The largest absolute Gasteiger partial charge is 0.467 e. The zero-order valence-electron chi connectivity index (χ0n) is 11.2. The van der Waals surface area contributed by atoms with Crippen molar-refractivity contribution in [1.29, 1.82) is 0 Å². The molecular formula is C12H14F3N3O3. The molecular weight excluding hydrogens is 291 g/mol. The van der Waals surface area contributed by atoms with Crippen LogP contribution in [0, 0.1) is 0 Å². The fourth-order valence-electron chi connectivity index (χ4n) is 1.54. The number of hydrogen-bond acceptors (Lipinski definition) is 5. The summed E-state index contributed by atoms with van der Waals surface area (Å²) < 4.78 is 42.4. The highest BCUT2D eigenvalue weighted by Gasteiger charge is 2.33. The number of rotatable bonds is 3. The minimum absolute atomic E-state index is 0.294. The molecule has 9 heteroatoms. The summed E-state index contributed by atoms with van der Waals surface area (Å²) in [6.45, 7) is 1.32. The molecule has 0 aliphatic rings. The van der Waals surface area contributed by atoms with E-state index < -0.39 is 35.2 Å². The molecule has 5 N–H and O–H groups in total. The van der Waals surface area contributed by atoms with E-state index in [1.165, 1.54) is 6.92 Å². The summed E-state index contributed by atoms with van der Waals surface area (Å²) in [6.07, 6.45) is -4.68. The van der Waals surface area contributed by atoms with Crippen LogP contribution in [0.5, 0.6) is 0 Å². The first-order chi connectivity index (χ1) is 9.57. The van der Waals surface area contributed by atoms with Gasteiger partial charge in [0.1, 0.15) is 6.04 Å². The Bertz CT molecular complexity index is 573. The van der Waals surface area contributed by atoms with Gasteiger partial charge in [0.25, 0.3) is 5.91 Å². The van der Waals surface area contributed by atoms with Crippen LogP contribution in [0.3, 0.4) is 0 Å². The first-order valence-corrected chi connectivity index (χ1v) is 5.72. The van der Waals surface area contributed by atoms with Gasteiger partial charge in [-0.05, 0) is 19.1 Å². The van der Waals surface area contributed by atoms with Crippen LogP contribution in [-0.2, 0) is 15.7 Å². The number of methoxy groups -OCH3 is 1. The third kappa shape index (κ3) is 3.77. The second-order valence-corrected chi connectivity index (χ2v) is 4.24. The van der Waals surface area contributed by atoms with Crippen LogP contribution in [0.2, 0.25) is 0 Å². The van der Waals surface area contributed by atoms with Gasteiger partial charge >= 0.3 is 12.1 Å². The van der Waals surface area contributed by atoms with E-state index in [4.69, 9.17) is 11.5 Å². The molecule has 1 aromatic carbocycles. The number of carbonyl (C=O) groups is 2. The first kappa shape index (κ1) is 16.6. The lowest BCUT2D eigenvalue weighted by atomic mass is 10.1. The summed E-state index contributed by atoms with van der Waals surface area (Å²) in [4.78, 5) is 23.1. The number of benzene rings is 1. The summed E-state index contributed by atoms with van der Waals surface area (Å²) in [5, 5.41) is 2.18. The number of alkyl halides is 3. The van der Waals surface area contributed by atoms with E-state index in [9.17, 15) is 22.8 Å². The predicted octanol–water partition coefficient (Wildman–Crippen LogP) is 1.16. The van der Waals surface area contributed by atoms with E-state index in [2.05, 4.69) is 10.1 Å². The second kappa shape index (κ2) is 5.90. The Kier molecular flexibility index (Phi) is 4.66. The Morgan fingerprint density at radius 1 is 1.29 bits per heavy atom. The van der Waals surface area contributed by atoms with Crippen molar-refractivity contribution in [3.63, 3.8) is 0 Å². The summed E-state index contributed by atoms with van der Waals surface area (Å²) in [6, 6.07) is 0.165. The fourth-order valence-corrected chi connectivity index (χ4v) is 1.54. The Morgan fingerprint density at radius 2 is 1.86 bits per heavy atom. The maximum absolute atomic E-state index is 12.7. The molecule has 21 heavy (non-hydrogen) atoms. The molecule has 1 atom stereocenters. The third-order valence-corrected chi connectivity index (χ3v) is 2.69. The summed E-state index contributed by atoms with van der Waals surface area (Å²) in [5.41, 5.74) is 8.65. The van der Waals surface area contributed by atoms with Gasteiger partial charge in [-0.25, -0.2) is 4.79 Å². The second-order valence-electron chi connectivity index (χ2n) is 4.24. The fraction of sp³-hybridized carbons (Fsp3) is 0.333. The van der Waals surface area contributed by atoms with Crippen LogP contribution in [0.1, 0.15) is 22.8 Å². The minimum atomic E-state index is -4.68. The number of nitrogens with two attached hydrogens (primary N) is 2. The topological polar surface area (TPSA) is 107 Å². The Morgan fingerprint density at radius 3 is 2.33 bits per heavy atom. The molecule has 0 radical (unpaired) electrons. The number of amides is 1. The normalized spacial score (nSPS) is 12.6. The molecule has 0 spiro atoms. The van der Waals surface area contributed by atoms with E-state index in [0.717, 1.165) is 7.11 Å². The molecule has 0 aromatic heterocycles. The smallest absolute Gasteiger partial charge is 0.416 e. The van der Waals surface area contributed by atoms with E-state index in [1.54, 1.807) is 0 Å². The summed E-state index contributed by atoms with van der Waals surface area (Å²) in [5.74, 6) is -1.70. The molecule has 0 aliphatic carbocycles. The molecule has 6 nitrogen and oxygen atoms in total. The minimum Gasteiger partial charge on any atom is -0.467 e. The molecule has 1 rings (SSSR count). The highest BCUT2D eigenvalue weighted by molar-refractivity contribution is 6.03. The van der Waals surface area contributed by atoms with E-state index >= 15 is 0 Å². The van der Waals surface area contributed by atoms with Gasteiger partial charge in [0, 0.05) is 0 Å². The zero-order valence-corrected chi connectivity index (χ0v) is 11.2. The lowest BCUT2D eigenvalue weighted by molar-refractivity contribution is -0.142. The standard InChI is InChI=1S/C12H14F3N3O3/c1-5(11(20)21-2)18-10(19)7-3-6(12(13,14)15)4-8(16)9(7)17/h3-5H,16-17H2,1-2H3,(H,18,19)/t5-/m0/s1. The van der Waals surface area contributed by atoms with Crippen molar-refractivity contribution in [2.45, 2.75) is 19.1 Å². The van der Waals surface area contributed by atoms with Crippen LogP contribution in [0.15, 0.2) is 12.1 Å². The molecule has 0 fully saturated rings. The van der Waals surface area contributed by atoms with Crippen LogP contribution in [-0.4, -0.2) is 25.0 Å². The van der Waals surface area contributed by atoms with Crippen LogP contribution >= 0.6 is 0 Å². The van der Waals surface area contributed by atoms with Crippen molar-refractivity contribution in [1.82, 2.24) is 5.32 Å². The van der Waals surface area contributed by atoms with E-state index in [0.29, 0.717) is 12.1 Å². The number of hydrogen-bond donors (Lipinski definition) is 3. The SMILES string of the molecule is COC(=O)[C@H](C)NC(=O)c1cc(C(F)(F)F)cc(N)c1N.